The third kappa shape index (κ3) is 5.84. The number of halogens is 2. The minimum absolute atomic E-state index is 0.0458. The first-order valence-corrected chi connectivity index (χ1v) is 12.9. The molecule has 1 aromatic heterocycles. The molecule has 32 heavy (non-hydrogen) atoms. The Morgan fingerprint density at radius 2 is 1.91 bits per heavy atom. The summed E-state index contributed by atoms with van der Waals surface area (Å²) < 4.78 is 13.4. The van der Waals surface area contributed by atoms with Gasteiger partial charge in [0, 0.05) is 23.8 Å². The van der Waals surface area contributed by atoms with Gasteiger partial charge in [-0.25, -0.2) is 14.2 Å². The monoisotopic (exact) mass is 569 g/mol. The lowest BCUT2D eigenvalue weighted by Gasteiger charge is -2.17. The fraction of sp³-hybridized carbons (Fsp3) is 0.273. The van der Waals surface area contributed by atoms with Crippen LogP contribution in [0, 0.1) is 3.57 Å². The lowest BCUT2D eigenvalue weighted by Crippen LogP contribution is -2.43. The molecule has 0 atom stereocenters. The van der Waals surface area contributed by atoms with Crippen molar-refractivity contribution in [1.29, 1.82) is 0 Å². The van der Waals surface area contributed by atoms with Gasteiger partial charge in [-0.05, 0) is 49.7 Å². The van der Waals surface area contributed by atoms with Gasteiger partial charge in [-0.2, -0.15) is 4.98 Å². The maximum absolute atomic E-state index is 13.1. The number of aromatic nitrogens is 3. The minimum Gasteiger partial charge on any atom is -0.490 e. The van der Waals surface area contributed by atoms with Gasteiger partial charge < -0.3 is 15.8 Å². The second kappa shape index (κ2) is 10.9. The maximum atomic E-state index is 13.1. The highest BCUT2D eigenvalue weighted by molar-refractivity contribution is 14.2. The van der Waals surface area contributed by atoms with Crippen molar-refractivity contribution in [2.24, 2.45) is 5.73 Å². The summed E-state index contributed by atoms with van der Waals surface area (Å²) in [6.07, 6.45) is 0.0458. The van der Waals surface area contributed by atoms with Crippen molar-refractivity contribution in [3.05, 3.63) is 77.6 Å². The number of hydrogen-bond acceptors (Lipinski definition) is 6. The molecule has 8 nitrogen and oxygen atoms in total. The van der Waals surface area contributed by atoms with Gasteiger partial charge in [0.05, 0.1) is 16.2 Å². The summed E-state index contributed by atoms with van der Waals surface area (Å²) in [6, 6.07) is 12.7. The van der Waals surface area contributed by atoms with Crippen molar-refractivity contribution >= 4 is 48.5 Å². The van der Waals surface area contributed by atoms with Gasteiger partial charge in [0.2, 0.25) is 5.95 Å². The van der Waals surface area contributed by atoms with Gasteiger partial charge in [0.1, 0.15) is 5.75 Å². The Kier molecular flexibility index (Phi) is 8.21. The number of benzene rings is 2. The van der Waals surface area contributed by atoms with E-state index >= 15 is 0 Å². The number of nitrogens with two attached hydrogens (primary N) is 1. The van der Waals surface area contributed by atoms with Crippen molar-refractivity contribution in [2.75, 3.05) is 11.9 Å². The van der Waals surface area contributed by atoms with E-state index < -0.39 is 32.1 Å². The van der Waals surface area contributed by atoms with Crippen molar-refractivity contribution < 1.29 is 4.74 Å². The first kappa shape index (κ1) is 24.1. The summed E-state index contributed by atoms with van der Waals surface area (Å²) in [4.78, 5) is 29.7. The Labute approximate surface area is 200 Å². The van der Waals surface area contributed by atoms with Crippen LogP contribution in [0.5, 0.6) is 5.75 Å². The van der Waals surface area contributed by atoms with E-state index in [4.69, 9.17) is 22.1 Å². The molecule has 3 aromatic rings. The predicted molar refractivity (Wildman–Crippen MR) is 138 cm³/mol. The molecule has 0 saturated carbocycles. The second-order valence-electron chi connectivity index (χ2n) is 7.22. The fourth-order valence-electron chi connectivity index (χ4n) is 3.02. The summed E-state index contributed by atoms with van der Waals surface area (Å²) in [5, 5.41) is 3.72. The van der Waals surface area contributed by atoms with Crippen molar-refractivity contribution in [1.82, 2.24) is 14.1 Å². The molecule has 0 aliphatic rings. The molecular weight excluding hydrogens is 545 g/mol. The van der Waals surface area contributed by atoms with Crippen LogP contribution >= 0.6 is 32.3 Å². The third-order valence-corrected chi connectivity index (χ3v) is 6.37. The van der Waals surface area contributed by atoms with Crippen LogP contribution in [-0.2, 0) is 13.1 Å². The highest BCUT2D eigenvalue weighted by Crippen LogP contribution is 2.28. The number of nitrogens with one attached hydrogen (secondary N) is 1. The molecule has 0 radical (unpaired) electrons. The molecule has 0 saturated heterocycles. The van der Waals surface area contributed by atoms with Gasteiger partial charge in [-0.15, -0.1) is 0 Å². The normalized spacial score (nSPS) is 11.0. The van der Waals surface area contributed by atoms with Gasteiger partial charge in [-0.3, -0.25) is 4.57 Å². The smallest absolute Gasteiger partial charge is 0.354 e. The van der Waals surface area contributed by atoms with Crippen LogP contribution in [0.25, 0.3) is 0 Å². The topological polar surface area (TPSA) is 104 Å². The van der Waals surface area contributed by atoms with Gasteiger partial charge in [0.25, 0.3) is 0 Å². The number of nitrogens with zero attached hydrogens (tertiary/aromatic N) is 3. The van der Waals surface area contributed by atoms with Gasteiger partial charge in [0.15, 0.2) is 0 Å². The zero-order valence-corrected chi connectivity index (χ0v) is 20.8. The average molecular weight is 570 g/mol. The lowest BCUT2D eigenvalue weighted by atomic mass is 10.2. The number of rotatable bonds is 9. The summed E-state index contributed by atoms with van der Waals surface area (Å²) >= 11 is 5.47. The summed E-state index contributed by atoms with van der Waals surface area (Å²) in [6.45, 7) is 4.38. The van der Waals surface area contributed by atoms with Crippen LogP contribution in [-0.4, -0.2) is 31.3 Å². The van der Waals surface area contributed by atoms with Gasteiger partial charge in [-0.1, -0.05) is 49.0 Å². The standard InChI is InChI=1S/C22H25ClIN5O3/c1-14(2)32-19-9-8-17(12-18(19)24-3)26-20-27-21(30)28(11-10-25)22(31)29(20)13-15-4-6-16(23)7-5-15/h4-9,12,14H,3,10-11,13,25H2,1-2H3,(H,26,27,30). The largest absolute Gasteiger partial charge is 0.490 e. The second-order valence-corrected chi connectivity index (χ2v) is 9.59. The van der Waals surface area contributed by atoms with E-state index in [-0.39, 0.29) is 31.7 Å². The van der Waals surface area contributed by atoms with E-state index in [2.05, 4.69) is 14.8 Å². The first-order valence-electron chi connectivity index (χ1n) is 9.94. The fourth-order valence-corrected chi connectivity index (χ4v) is 4.39. The zero-order chi connectivity index (χ0) is 23.3. The van der Waals surface area contributed by atoms with Crippen LogP contribution in [0.1, 0.15) is 19.4 Å². The molecule has 10 heteroatoms. The molecular formula is C22H25ClIN5O3. The quantitative estimate of drug-likeness (QED) is 0.384. The number of anilines is 2. The van der Waals surface area contributed by atoms with E-state index in [1.54, 1.807) is 12.1 Å². The molecule has 1 heterocycles. The highest BCUT2D eigenvalue weighted by Gasteiger charge is 2.15. The third-order valence-electron chi connectivity index (χ3n) is 4.45. The van der Waals surface area contributed by atoms with Crippen LogP contribution in [0.2, 0.25) is 5.02 Å². The van der Waals surface area contributed by atoms with Crippen LogP contribution in [0.3, 0.4) is 0 Å². The highest BCUT2D eigenvalue weighted by atomic mass is 127. The molecule has 0 aliphatic carbocycles. The van der Waals surface area contributed by atoms with E-state index in [1.807, 2.05) is 44.2 Å². The molecule has 0 aliphatic heterocycles. The Morgan fingerprint density at radius 1 is 1.19 bits per heavy atom. The van der Waals surface area contributed by atoms with Crippen LogP contribution in [0.4, 0.5) is 11.6 Å². The summed E-state index contributed by atoms with van der Waals surface area (Å²) in [5.41, 5.74) is 5.96. The molecule has 0 spiro atoms. The Morgan fingerprint density at radius 3 is 2.53 bits per heavy atom. The van der Waals surface area contributed by atoms with Crippen LogP contribution < -0.4 is 27.2 Å². The van der Waals surface area contributed by atoms with Crippen molar-refractivity contribution in [3.8, 4) is 5.75 Å². The van der Waals surface area contributed by atoms with E-state index in [1.165, 1.54) is 4.57 Å². The molecule has 0 fully saturated rings. The van der Waals surface area contributed by atoms with E-state index in [9.17, 15) is 9.59 Å². The van der Waals surface area contributed by atoms with E-state index in [0.717, 1.165) is 19.5 Å². The molecule has 2 aromatic carbocycles. The van der Waals surface area contributed by atoms with Crippen molar-refractivity contribution in [2.45, 2.75) is 33.0 Å². The zero-order valence-electron chi connectivity index (χ0n) is 17.8. The molecule has 3 N–H and O–H groups in total. The molecule has 0 bridgehead atoms. The summed E-state index contributed by atoms with van der Waals surface area (Å²) in [7, 11) is 0. The SMILES string of the molecule is C=Ic1cc(Nc2nc(=O)n(CCN)c(=O)n2Cc2ccc(Cl)cc2)ccc1OC(C)C. The molecule has 170 valence electrons. The minimum atomic E-state index is -0.653. The van der Waals surface area contributed by atoms with Crippen LogP contribution in [0.15, 0.2) is 52.1 Å². The molecule has 0 amide bonds. The predicted octanol–water partition coefficient (Wildman–Crippen LogP) is 3.17. The lowest BCUT2D eigenvalue weighted by molar-refractivity contribution is 0.240. The summed E-state index contributed by atoms with van der Waals surface area (Å²) in [5.74, 6) is 0.937. The van der Waals surface area contributed by atoms with E-state index in [0.29, 0.717) is 10.7 Å². The first-order chi connectivity index (χ1) is 15.3. The Hall–Kier alpha value is -2.50. The number of ether oxygens (including phenoxy) is 1. The van der Waals surface area contributed by atoms with Gasteiger partial charge >= 0.3 is 11.4 Å². The van der Waals surface area contributed by atoms with Crippen molar-refractivity contribution in [3.63, 3.8) is 0 Å². The molecule has 3 rings (SSSR count). The Balaban J connectivity index is 2.05. The Bertz CT molecular complexity index is 1220. The number of hydrogen-bond donors (Lipinski definition) is 2. The molecule has 0 unspecified atom stereocenters. The average Bonchev–Trinajstić information content (AvgIpc) is 2.76. The maximum Gasteiger partial charge on any atom is 0.354 e.